The zero-order valence-corrected chi connectivity index (χ0v) is 10.7. The lowest BCUT2D eigenvalue weighted by atomic mass is 9.93. The Hall–Kier alpha value is -3.03. The van der Waals surface area contributed by atoms with E-state index in [1.165, 1.54) is 18.7 Å². The second-order valence-electron chi connectivity index (χ2n) is 4.41. The van der Waals surface area contributed by atoms with E-state index in [0.717, 1.165) is 0 Å². The van der Waals surface area contributed by atoms with Gasteiger partial charge >= 0.3 is 0 Å². The molecule has 1 unspecified atom stereocenters. The molecule has 4 rings (SSSR count). The molecule has 8 nitrogen and oxygen atoms in total. The molecule has 0 aliphatic carbocycles. The van der Waals surface area contributed by atoms with Crippen molar-refractivity contribution < 1.29 is 13.7 Å². The van der Waals surface area contributed by atoms with Crippen LogP contribution in [-0.4, -0.2) is 32.8 Å². The van der Waals surface area contributed by atoms with Gasteiger partial charge in [-0.15, -0.1) is 5.10 Å². The second-order valence-corrected chi connectivity index (χ2v) is 4.41. The third kappa shape index (κ3) is 1.80. The normalized spacial score (nSPS) is 21.0. The van der Waals surface area contributed by atoms with E-state index in [1.54, 1.807) is 6.20 Å². The Labute approximate surface area is 118 Å². The van der Waals surface area contributed by atoms with Gasteiger partial charge in [0.05, 0.1) is 11.9 Å². The van der Waals surface area contributed by atoms with Crippen molar-refractivity contribution in [3.8, 4) is 0 Å². The Morgan fingerprint density at radius 2 is 2.10 bits per heavy atom. The molecule has 1 atom stereocenters. The number of aromatic nitrogens is 4. The maximum absolute atomic E-state index is 5.64. The first kappa shape index (κ1) is 11.8. The predicted octanol–water partition coefficient (Wildman–Crippen LogP) is 1.17. The highest BCUT2D eigenvalue weighted by atomic mass is 16.5. The van der Waals surface area contributed by atoms with Crippen molar-refractivity contribution in [3.05, 3.63) is 60.4 Å². The van der Waals surface area contributed by atoms with Crippen molar-refractivity contribution in [3.63, 3.8) is 0 Å². The molecular formula is C13H9N5O3. The van der Waals surface area contributed by atoms with Crippen LogP contribution in [0.2, 0.25) is 0 Å². The Morgan fingerprint density at radius 3 is 2.81 bits per heavy atom. The van der Waals surface area contributed by atoms with Gasteiger partial charge in [-0.1, -0.05) is 6.07 Å². The minimum absolute atomic E-state index is 0.218. The zero-order valence-electron chi connectivity index (χ0n) is 10.7. The van der Waals surface area contributed by atoms with Crippen LogP contribution >= 0.6 is 0 Å². The van der Waals surface area contributed by atoms with Crippen molar-refractivity contribution in [1.82, 2.24) is 20.3 Å². The fourth-order valence-corrected chi connectivity index (χ4v) is 2.20. The summed E-state index contributed by atoms with van der Waals surface area (Å²) < 4.78 is 15.7. The minimum Gasteiger partial charge on any atom is -0.471 e. The molecule has 3 aromatic heterocycles. The van der Waals surface area contributed by atoms with Gasteiger partial charge in [0.2, 0.25) is 0 Å². The summed E-state index contributed by atoms with van der Waals surface area (Å²) in [5.41, 5.74) is 0.287. The molecule has 3 aromatic rings. The molecule has 0 amide bonds. The van der Waals surface area contributed by atoms with Gasteiger partial charge in [-0.25, -0.2) is 9.98 Å². The molecule has 104 valence electrons. The quantitative estimate of drug-likeness (QED) is 0.711. The van der Waals surface area contributed by atoms with Gasteiger partial charge in [0.25, 0.3) is 11.8 Å². The van der Waals surface area contributed by atoms with Gasteiger partial charge in [0.15, 0.2) is 11.8 Å². The number of nitrogens with zero attached hydrogens (tertiary/aromatic N) is 5. The summed E-state index contributed by atoms with van der Waals surface area (Å²) in [6.07, 6.45) is 6.10. The molecule has 1 aliphatic heterocycles. The Bertz CT molecular complexity index is 754. The zero-order chi connectivity index (χ0) is 14.1. The van der Waals surface area contributed by atoms with Gasteiger partial charge in [0.1, 0.15) is 18.6 Å². The fourth-order valence-electron chi connectivity index (χ4n) is 2.20. The largest absolute Gasteiger partial charge is 0.471 e. The molecule has 21 heavy (non-hydrogen) atoms. The van der Waals surface area contributed by atoms with Crippen LogP contribution in [0.15, 0.2) is 57.1 Å². The lowest BCUT2D eigenvalue weighted by Gasteiger charge is -2.19. The topological polar surface area (TPSA) is 99.4 Å². The summed E-state index contributed by atoms with van der Waals surface area (Å²) >= 11 is 0. The summed E-state index contributed by atoms with van der Waals surface area (Å²) in [7, 11) is 0. The summed E-state index contributed by atoms with van der Waals surface area (Å²) in [6.45, 7) is 0.218. The molecule has 0 aromatic carbocycles. The maximum Gasteiger partial charge on any atom is 0.282 e. The van der Waals surface area contributed by atoms with Crippen LogP contribution < -0.4 is 0 Å². The van der Waals surface area contributed by atoms with Gasteiger partial charge in [-0.3, -0.25) is 4.98 Å². The molecule has 0 radical (unpaired) electrons. The van der Waals surface area contributed by atoms with Crippen molar-refractivity contribution in [1.29, 1.82) is 0 Å². The Morgan fingerprint density at radius 1 is 1.10 bits per heavy atom. The molecule has 0 saturated carbocycles. The fraction of sp³-hybridized carbons (Fsp3) is 0.154. The van der Waals surface area contributed by atoms with E-state index in [0.29, 0.717) is 23.2 Å². The summed E-state index contributed by atoms with van der Waals surface area (Å²) in [4.78, 5) is 13.0. The standard InChI is InChI=1S/C13H9N5O3/c1-2-4-14-9(3-1)13(10-7-21-18-17-10)8-20-12(16-13)11-15-5-6-19-11/h1-7H,8H2. The van der Waals surface area contributed by atoms with E-state index >= 15 is 0 Å². The lowest BCUT2D eigenvalue weighted by Crippen LogP contribution is -2.28. The van der Waals surface area contributed by atoms with Crippen LogP contribution in [0.1, 0.15) is 17.3 Å². The maximum atomic E-state index is 5.64. The van der Waals surface area contributed by atoms with Gasteiger partial charge in [-0.2, -0.15) is 0 Å². The third-order valence-electron chi connectivity index (χ3n) is 3.20. The van der Waals surface area contributed by atoms with Crippen LogP contribution in [0.3, 0.4) is 0 Å². The van der Waals surface area contributed by atoms with Gasteiger partial charge < -0.3 is 13.7 Å². The molecule has 0 saturated heterocycles. The van der Waals surface area contributed by atoms with E-state index in [9.17, 15) is 0 Å². The average Bonchev–Trinajstić information content (AvgIpc) is 3.28. The minimum atomic E-state index is -0.912. The molecule has 1 aliphatic rings. The number of hydrogen-bond donors (Lipinski definition) is 0. The first-order chi connectivity index (χ1) is 10.4. The van der Waals surface area contributed by atoms with E-state index in [-0.39, 0.29) is 6.61 Å². The Kier molecular flexibility index (Phi) is 2.53. The predicted molar refractivity (Wildman–Crippen MR) is 68.3 cm³/mol. The van der Waals surface area contributed by atoms with Crippen LogP contribution in [-0.2, 0) is 10.3 Å². The second kappa shape index (κ2) is 4.51. The number of aliphatic imine (C=N–C) groups is 1. The monoisotopic (exact) mass is 283 g/mol. The van der Waals surface area contributed by atoms with Crippen LogP contribution in [0, 0.1) is 0 Å². The van der Waals surface area contributed by atoms with E-state index < -0.39 is 5.54 Å². The average molecular weight is 283 g/mol. The van der Waals surface area contributed by atoms with Crippen LogP contribution in [0.25, 0.3) is 0 Å². The molecule has 8 heteroatoms. The number of pyridine rings is 1. The van der Waals surface area contributed by atoms with Gasteiger partial charge in [0, 0.05) is 11.5 Å². The molecule has 0 fully saturated rings. The van der Waals surface area contributed by atoms with Crippen molar-refractivity contribution in [2.45, 2.75) is 5.54 Å². The SMILES string of the molecule is c1ccc(C2(c3conn3)COC(c3ncco3)=N2)nc1. The van der Waals surface area contributed by atoms with E-state index in [1.807, 2.05) is 18.2 Å². The van der Waals surface area contributed by atoms with Crippen LogP contribution in [0.5, 0.6) is 0 Å². The van der Waals surface area contributed by atoms with Crippen molar-refractivity contribution >= 4 is 5.90 Å². The highest BCUT2D eigenvalue weighted by Gasteiger charge is 2.45. The van der Waals surface area contributed by atoms with Gasteiger partial charge in [-0.05, 0) is 12.1 Å². The highest BCUT2D eigenvalue weighted by Crippen LogP contribution is 2.36. The Balaban J connectivity index is 1.87. The number of rotatable bonds is 3. The molecule has 4 heterocycles. The number of ether oxygens (including phenoxy) is 1. The third-order valence-corrected chi connectivity index (χ3v) is 3.20. The number of hydrogen-bond acceptors (Lipinski definition) is 8. The van der Waals surface area contributed by atoms with E-state index in [2.05, 4.69) is 25.3 Å². The first-order valence-electron chi connectivity index (χ1n) is 6.20. The van der Waals surface area contributed by atoms with Crippen molar-refractivity contribution in [2.24, 2.45) is 4.99 Å². The summed E-state index contributed by atoms with van der Waals surface area (Å²) in [5.74, 6) is 0.609. The first-order valence-corrected chi connectivity index (χ1v) is 6.20. The molecule has 0 bridgehead atoms. The summed E-state index contributed by atoms with van der Waals surface area (Å²) in [6, 6.07) is 5.54. The van der Waals surface area contributed by atoms with Crippen molar-refractivity contribution in [2.75, 3.05) is 6.61 Å². The number of oxazole rings is 1. The molecule has 0 spiro atoms. The lowest BCUT2D eigenvalue weighted by molar-refractivity contribution is 0.271. The smallest absolute Gasteiger partial charge is 0.282 e. The van der Waals surface area contributed by atoms with Crippen LogP contribution in [0.4, 0.5) is 0 Å². The summed E-state index contributed by atoms with van der Waals surface area (Å²) in [5, 5.41) is 7.48. The molecule has 0 N–H and O–H groups in total. The molecular weight excluding hydrogens is 274 g/mol. The highest BCUT2D eigenvalue weighted by molar-refractivity contribution is 5.91. The van der Waals surface area contributed by atoms with E-state index in [4.69, 9.17) is 13.7 Å².